The normalized spacial score (nSPS) is 14.3. The molecular formula is C34H39ClFN3. The molecule has 204 valence electrons. The minimum Gasteiger partial charge on any atom is -0.326 e. The third-order valence-corrected chi connectivity index (χ3v) is 8.20. The van der Waals surface area contributed by atoms with Gasteiger partial charge in [0.1, 0.15) is 11.6 Å². The summed E-state index contributed by atoms with van der Waals surface area (Å²) in [4.78, 5) is 7.81. The standard InChI is InChI=1S/C34H39ClFN3/c1-2-3-21-39-32(33(28-15-9-5-10-16-28)37-34(39)29-17-11-6-12-18-29)25-38(23-26-13-7-4-8-14-26)24-27-19-20-30(35)31(36)22-27/h5-6,9-12,15-20,22,26H,2-4,7-8,13-14,21,23-25H2,1H3. The van der Waals surface area contributed by atoms with Crippen molar-refractivity contribution >= 4 is 11.6 Å². The van der Waals surface area contributed by atoms with Crippen LogP contribution in [0.5, 0.6) is 0 Å². The van der Waals surface area contributed by atoms with Gasteiger partial charge in [-0.15, -0.1) is 0 Å². The minimum absolute atomic E-state index is 0.175. The van der Waals surface area contributed by atoms with E-state index < -0.39 is 0 Å². The summed E-state index contributed by atoms with van der Waals surface area (Å²) in [5.41, 5.74) is 5.50. The van der Waals surface area contributed by atoms with Gasteiger partial charge in [0.15, 0.2) is 0 Å². The molecule has 5 heteroatoms. The van der Waals surface area contributed by atoms with Crippen LogP contribution in [0, 0.1) is 11.7 Å². The Bertz CT molecular complexity index is 1330. The van der Waals surface area contributed by atoms with Crippen LogP contribution in [0.25, 0.3) is 22.6 Å². The fourth-order valence-corrected chi connectivity index (χ4v) is 5.98. The first-order chi connectivity index (χ1) is 19.1. The molecule has 5 rings (SSSR count). The van der Waals surface area contributed by atoms with Crippen LogP contribution in [0.1, 0.15) is 63.1 Å². The number of unbranched alkanes of at least 4 members (excludes halogenated alkanes) is 1. The average Bonchev–Trinajstić information content (AvgIpc) is 3.33. The van der Waals surface area contributed by atoms with E-state index in [1.54, 1.807) is 12.1 Å². The quantitative estimate of drug-likeness (QED) is 0.188. The van der Waals surface area contributed by atoms with Crippen LogP contribution in [-0.4, -0.2) is 21.0 Å². The second-order valence-corrected chi connectivity index (χ2v) is 11.3. The monoisotopic (exact) mass is 543 g/mol. The average molecular weight is 544 g/mol. The third kappa shape index (κ3) is 6.98. The van der Waals surface area contributed by atoms with Crippen molar-refractivity contribution in [2.24, 2.45) is 5.92 Å². The van der Waals surface area contributed by atoms with Crippen molar-refractivity contribution in [1.82, 2.24) is 14.5 Å². The molecule has 1 saturated carbocycles. The van der Waals surface area contributed by atoms with Gasteiger partial charge in [-0.1, -0.05) is 111 Å². The molecular weight excluding hydrogens is 505 g/mol. The first kappa shape index (κ1) is 27.6. The lowest BCUT2D eigenvalue weighted by Crippen LogP contribution is -2.31. The molecule has 0 spiro atoms. The zero-order valence-electron chi connectivity index (χ0n) is 23.0. The highest BCUT2D eigenvalue weighted by molar-refractivity contribution is 6.30. The van der Waals surface area contributed by atoms with Gasteiger partial charge in [-0.05, 0) is 42.9 Å². The molecule has 39 heavy (non-hydrogen) atoms. The van der Waals surface area contributed by atoms with Gasteiger partial charge in [0.05, 0.1) is 16.4 Å². The van der Waals surface area contributed by atoms with Gasteiger partial charge in [0.25, 0.3) is 0 Å². The second kappa shape index (κ2) is 13.4. The van der Waals surface area contributed by atoms with Crippen LogP contribution >= 0.6 is 11.6 Å². The maximum atomic E-state index is 14.4. The number of hydrogen-bond donors (Lipinski definition) is 0. The Hall–Kier alpha value is -2.95. The topological polar surface area (TPSA) is 21.1 Å². The van der Waals surface area contributed by atoms with E-state index in [2.05, 4.69) is 77.1 Å². The smallest absolute Gasteiger partial charge is 0.142 e. The third-order valence-electron chi connectivity index (χ3n) is 7.89. The van der Waals surface area contributed by atoms with Crippen molar-refractivity contribution in [2.45, 2.75) is 71.5 Å². The molecule has 3 aromatic carbocycles. The van der Waals surface area contributed by atoms with Crippen molar-refractivity contribution in [3.8, 4) is 22.6 Å². The molecule has 0 N–H and O–H groups in total. The van der Waals surface area contributed by atoms with Crippen molar-refractivity contribution in [1.29, 1.82) is 0 Å². The van der Waals surface area contributed by atoms with E-state index in [0.29, 0.717) is 12.5 Å². The maximum Gasteiger partial charge on any atom is 0.142 e. The number of rotatable bonds is 11. The summed E-state index contributed by atoms with van der Waals surface area (Å²) >= 11 is 6.02. The lowest BCUT2D eigenvalue weighted by atomic mass is 9.89. The molecule has 3 nitrogen and oxygen atoms in total. The SMILES string of the molecule is CCCCn1c(-c2ccccc2)nc(-c2ccccc2)c1CN(Cc1ccc(Cl)c(F)c1)CC1CCCCC1. The summed E-state index contributed by atoms with van der Waals surface area (Å²) in [5.74, 6) is 1.33. The highest BCUT2D eigenvalue weighted by Crippen LogP contribution is 2.33. The number of hydrogen-bond acceptors (Lipinski definition) is 2. The molecule has 1 aliphatic carbocycles. The Balaban J connectivity index is 1.57. The molecule has 0 unspecified atom stereocenters. The van der Waals surface area contributed by atoms with Crippen LogP contribution in [0.3, 0.4) is 0 Å². The first-order valence-corrected chi connectivity index (χ1v) is 14.9. The van der Waals surface area contributed by atoms with Crippen LogP contribution in [-0.2, 0) is 19.6 Å². The van der Waals surface area contributed by atoms with Gasteiger partial charge in [-0.2, -0.15) is 0 Å². The first-order valence-electron chi connectivity index (χ1n) is 14.5. The van der Waals surface area contributed by atoms with Gasteiger partial charge in [0, 0.05) is 37.3 Å². The summed E-state index contributed by atoms with van der Waals surface area (Å²) in [6.45, 7) is 5.59. The Morgan fingerprint density at radius 2 is 1.59 bits per heavy atom. The molecule has 0 saturated heterocycles. The van der Waals surface area contributed by atoms with E-state index in [0.717, 1.165) is 60.7 Å². The molecule has 1 fully saturated rings. The van der Waals surface area contributed by atoms with E-state index in [4.69, 9.17) is 16.6 Å². The van der Waals surface area contributed by atoms with Crippen LogP contribution < -0.4 is 0 Å². The molecule has 1 aliphatic rings. The number of aromatic nitrogens is 2. The molecule has 0 aliphatic heterocycles. The van der Waals surface area contributed by atoms with Gasteiger partial charge >= 0.3 is 0 Å². The minimum atomic E-state index is -0.351. The van der Waals surface area contributed by atoms with E-state index in [1.165, 1.54) is 37.8 Å². The van der Waals surface area contributed by atoms with Crippen molar-refractivity contribution in [3.05, 3.63) is 101 Å². The molecule has 0 bridgehead atoms. The largest absolute Gasteiger partial charge is 0.326 e. The lowest BCUT2D eigenvalue weighted by molar-refractivity contribution is 0.183. The highest BCUT2D eigenvalue weighted by atomic mass is 35.5. The van der Waals surface area contributed by atoms with E-state index in [-0.39, 0.29) is 10.8 Å². The zero-order valence-corrected chi connectivity index (χ0v) is 23.7. The Labute approximate surface area is 237 Å². The number of nitrogens with zero attached hydrogens (tertiary/aromatic N) is 3. The summed E-state index contributed by atoms with van der Waals surface area (Å²) < 4.78 is 16.9. The molecule has 0 amide bonds. The van der Waals surface area contributed by atoms with Gasteiger partial charge in [0.2, 0.25) is 0 Å². The van der Waals surface area contributed by atoms with Crippen LogP contribution in [0.2, 0.25) is 5.02 Å². The highest BCUT2D eigenvalue weighted by Gasteiger charge is 2.24. The Kier molecular flexibility index (Phi) is 9.49. The zero-order chi connectivity index (χ0) is 27.0. The van der Waals surface area contributed by atoms with Gasteiger partial charge in [-0.25, -0.2) is 9.37 Å². The van der Waals surface area contributed by atoms with Gasteiger partial charge < -0.3 is 4.57 Å². The number of halogens is 2. The number of benzene rings is 3. The Morgan fingerprint density at radius 1 is 0.897 bits per heavy atom. The van der Waals surface area contributed by atoms with Crippen molar-refractivity contribution in [2.75, 3.05) is 6.54 Å². The van der Waals surface area contributed by atoms with Crippen LogP contribution in [0.15, 0.2) is 78.9 Å². The molecule has 1 aromatic heterocycles. The maximum absolute atomic E-state index is 14.4. The summed E-state index contributed by atoms with van der Waals surface area (Å²) in [6.07, 6.45) is 8.67. The number of imidazole rings is 1. The van der Waals surface area contributed by atoms with E-state index >= 15 is 0 Å². The molecule has 1 heterocycles. The summed E-state index contributed by atoms with van der Waals surface area (Å²) in [7, 11) is 0. The second-order valence-electron chi connectivity index (χ2n) is 10.9. The summed E-state index contributed by atoms with van der Waals surface area (Å²) in [6, 6.07) is 26.3. The van der Waals surface area contributed by atoms with Crippen molar-refractivity contribution in [3.63, 3.8) is 0 Å². The van der Waals surface area contributed by atoms with E-state index in [1.807, 2.05) is 6.07 Å². The fraction of sp³-hybridized carbons (Fsp3) is 0.382. The molecule has 0 atom stereocenters. The predicted molar refractivity (Wildman–Crippen MR) is 160 cm³/mol. The van der Waals surface area contributed by atoms with E-state index in [9.17, 15) is 4.39 Å². The molecule has 0 radical (unpaired) electrons. The van der Waals surface area contributed by atoms with Crippen molar-refractivity contribution < 1.29 is 4.39 Å². The van der Waals surface area contributed by atoms with Crippen LogP contribution in [0.4, 0.5) is 4.39 Å². The predicted octanol–water partition coefficient (Wildman–Crippen LogP) is 9.39. The lowest BCUT2D eigenvalue weighted by Gasteiger charge is -2.30. The Morgan fingerprint density at radius 3 is 2.26 bits per heavy atom. The van der Waals surface area contributed by atoms with Gasteiger partial charge in [-0.3, -0.25) is 4.90 Å². The fourth-order valence-electron chi connectivity index (χ4n) is 5.87. The molecule has 4 aromatic rings. The summed E-state index contributed by atoms with van der Waals surface area (Å²) in [5, 5.41) is 0.175.